The standard InChI is InChI=1S/C19H21ClN6O2S/c1-19(2)13-24(16-5-3-15(20)4-6-16)11-12-26(19)29(27,28)18-9-7-17(8-10-18)25-14-21-22-23-25/h3-10,14H,11-13H2,1-2H3. The van der Waals surface area contributed by atoms with Crippen LogP contribution in [0.15, 0.2) is 59.8 Å². The van der Waals surface area contributed by atoms with Crippen LogP contribution in [-0.4, -0.2) is 58.1 Å². The molecule has 0 spiro atoms. The first-order chi connectivity index (χ1) is 13.8. The van der Waals surface area contributed by atoms with E-state index in [0.29, 0.717) is 30.3 Å². The monoisotopic (exact) mass is 432 g/mol. The van der Waals surface area contributed by atoms with Crippen LogP contribution in [0.1, 0.15) is 13.8 Å². The fourth-order valence-corrected chi connectivity index (χ4v) is 5.53. The predicted octanol–water partition coefficient (Wildman–Crippen LogP) is 2.61. The van der Waals surface area contributed by atoms with Crippen molar-refractivity contribution in [3.63, 3.8) is 0 Å². The number of rotatable bonds is 4. The zero-order valence-corrected chi connectivity index (χ0v) is 17.7. The van der Waals surface area contributed by atoms with Crippen LogP contribution in [0, 0.1) is 0 Å². The van der Waals surface area contributed by atoms with Crippen LogP contribution >= 0.6 is 11.6 Å². The molecule has 1 aliphatic heterocycles. The molecule has 0 amide bonds. The fourth-order valence-electron chi connectivity index (χ4n) is 3.63. The molecule has 1 fully saturated rings. The van der Waals surface area contributed by atoms with Gasteiger partial charge in [-0.3, -0.25) is 0 Å². The van der Waals surface area contributed by atoms with Crippen LogP contribution in [0.4, 0.5) is 5.69 Å². The summed E-state index contributed by atoms with van der Waals surface area (Å²) in [5, 5.41) is 11.7. The molecule has 3 aromatic rings. The molecule has 29 heavy (non-hydrogen) atoms. The van der Waals surface area contributed by atoms with Crippen LogP contribution in [0.25, 0.3) is 5.69 Å². The first-order valence-corrected chi connectivity index (χ1v) is 11.0. The van der Waals surface area contributed by atoms with Gasteiger partial charge in [0.25, 0.3) is 0 Å². The highest BCUT2D eigenvalue weighted by atomic mass is 35.5. The molecule has 2 heterocycles. The maximum Gasteiger partial charge on any atom is 0.243 e. The van der Waals surface area contributed by atoms with Crippen LogP contribution in [0.2, 0.25) is 5.02 Å². The molecule has 0 radical (unpaired) electrons. The van der Waals surface area contributed by atoms with Gasteiger partial charge in [0.05, 0.1) is 10.6 Å². The minimum atomic E-state index is -3.64. The quantitative estimate of drug-likeness (QED) is 0.630. The molecule has 0 bridgehead atoms. The molecule has 152 valence electrons. The molecule has 0 unspecified atom stereocenters. The number of tetrazole rings is 1. The third-order valence-electron chi connectivity index (χ3n) is 5.06. The first kappa shape index (κ1) is 19.8. The summed E-state index contributed by atoms with van der Waals surface area (Å²) in [6.07, 6.45) is 1.46. The Morgan fingerprint density at radius 2 is 1.62 bits per heavy atom. The molecule has 0 atom stereocenters. The summed E-state index contributed by atoms with van der Waals surface area (Å²) < 4.78 is 29.7. The van der Waals surface area contributed by atoms with Gasteiger partial charge in [-0.05, 0) is 72.8 Å². The zero-order valence-electron chi connectivity index (χ0n) is 16.1. The lowest BCUT2D eigenvalue weighted by molar-refractivity contribution is 0.205. The van der Waals surface area contributed by atoms with Gasteiger partial charge in [-0.25, -0.2) is 13.1 Å². The van der Waals surface area contributed by atoms with Gasteiger partial charge in [0.2, 0.25) is 10.0 Å². The number of piperazine rings is 1. The summed E-state index contributed by atoms with van der Waals surface area (Å²) >= 11 is 5.98. The average Bonchev–Trinajstić information content (AvgIpc) is 3.22. The molecule has 0 aliphatic carbocycles. The summed E-state index contributed by atoms with van der Waals surface area (Å²) in [5.41, 5.74) is 1.15. The van der Waals surface area contributed by atoms with Crippen molar-refractivity contribution < 1.29 is 8.42 Å². The minimum Gasteiger partial charge on any atom is -0.368 e. The molecule has 4 rings (SSSR count). The van der Waals surface area contributed by atoms with Crippen molar-refractivity contribution in [1.82, 2.24) is 24.5 Å². The van der Waals surface area contributed by atoms with E-state index in [1.165, 1.54) is 11.0 Å². The molecular weight excluding hydrogens is 412 g/mol. The molecule has 1 aliphatic rings. The lowest BCUT2D eigenvalue weighted by Crippen LogP contribution is -2.61. The van der Waals surface area contributed by atoms with Crippen LogP contribution in [-0.2, 0) is 10.0 Å². The second kappa shape index (κ2) is 7.40. The molecule has 0 N–H and O–H groups in total. The predicted molar refractivity (Wildman–Crippen MR) is 111 cm³/mol. The number of sulfonamides is 1. The van der Waals surface area contributed by atoms with Gasteiger partial charge in [0, 0.05) is 35.9 Å². The second-order valence-corrected chi connectivity index (χ2v) is 9.83. The second-order valence-electron chi connectivity index (χ2n) is 7.54. The van der Waals surface area contributed by atoms with E-state index in [1.54, 1.807) is 28.6 Å². The number of hydrogen-bond acceptors (Lipinski definition) is 6. The third kappa shape index (κ3) is 3.85. The first-order valence-electron chi connectivity index (χ1n) is 9.14. The third-order valence-corrected chi connectivity index (χ3v) is 7.43. The minimum absolute atomic E-state index is 0.252. The molecule has 0 saturated carbocycles. The van der Waals surface area contributed by atoms with Crippen LogP contribution in [0.3, 0.4) is 0 Å². The van der Waals surface area contributed by atoms with E-state index in [9.17, 15) is 8.42 Å². The van der Waals surface area contributed by atoms with Crippen molar-refractivity contribution in [3.05, 3.63) is 59.9 Å². The topological polar surface area (TPSA) is 84.2 Å². The van der Waals surface area contributed by atoms with E-state index >= 15 is 0 Å². The summed E-state index contributed by atoms with van der Waals surface area (Å²) in [7, 11) is -3.64. The van der Waals surface area contributed by atoms with Crippen molar-refractivity contribution in [2.75, 3.05) is 24.5 Å². The molecular formula is C19H21ClN6O2S. The highest BCUT2D eigenvalue weighted by molar-refractivity contribution is 7.89. The number of benzene rings is 2. The Hall–Kier alpha value is -2.49. The van der Waals surface area contributed by atoms with Crippen molar-refractivity contribution in [2.24, 2.45) is 0 Å². The van der Waals surface area contributed by atoms with Gasteiger partial charge in [-0.1, -0.05) is 11.6 Å². The van der Waals surface area contributed by atoms with E-state index in [4.69, 9.17) is 11.6 Å². The van der Waals surface area contributed by atoms with Gasteiger partial charge < -0.3 is 4.90 Å². The van der Waals surface area contributed by atoms with Gasteiger partial charge in [-0.15, -0.1) is 5.10 Å². The Morgan fingerprint density at radius 1 is 0.966 bits per heavy atom. The Morgan fingerprint density at radius 3 is 2.21 bits per heavy atom. The molecule has 8 nitrogen and oxygen atoms in total. The number of hydrogen-bond donors (Lipinski definition) is 0. The summed E-state index contributed by atoms with van der Waals surface area (Å²) in [5.74, 6) is 0. The summed E-state index contributed by atoms with van der Waals surface area (Å²) in [4.78, 5) is 2.44. The maximum absolute atomic E-state index is 13.3. The van der Waals surface area contributed by atoms with Crippen molar-refractivity contribution in [2.45, 2.75) is 24.3 Å². The van der Waals surface area contributed by atoms with E-state index in [2.05, 4.69) is 20.4 Å². The summed E-state index contributed by atoms with van der Waals surface area (Å²) in [6.45, 7) is 5.47. The SMILES string of the molecule is CC1(C)CN(c2ccc(Cl)cc2)CCN1S(=O)(=O)c1ccc(-n2cnnn2)cc1. The number of halogens is 1. The summed E-state index contributed by atoms with van der Waals surface area (Å²) in [6, 6.07) is 14.2. The van der Waals surface area contributed by atoms with E-state index < -0.39 is 15.6 Å². The van der Waals surface area contributed by atoms with Crippen molar-refractivity contribution >= 4 is 27.3 Å². The Bertz CT molecular complexity index is 1080. The maximum atomic E-state index is 13.3. The zero-order chi connectivity index (χ0) is 20.6. The van der Waals surface area contributed by atoms with Gasteiger partial charge in [0.15, 0.2) is 0 Å². The largest absolute Gasteiger partial charge is 0.368 e. The molecule has 2 aromatic carbocycles. The molecule has 10 heteroatoms. The molecule has 1 saturated heterocycles. The van der Waals surface area contributed by atoms with Crippen molar-refractivity contribution in [1.29, 1.82) is 0 Å². The van der Waals surface area contributed by atoms with Crippen LogP contribution in [0.5, 0.6) is 0 Å². The lowest BCUT2D eigenvalue weighted by Gasteiger charge is -2.46. The smallest absolute Gasteiger partial charge is 0.243 e. The fraction of sp³-hybridized carbons (Fsp3) is 0.316. The lowest BCUT2D eigenvalue weighted by atomic mass is 10.0. The Labute approximate surface area is 174 Å². The van der Waals surface area contributed by atoms with Gasteiger partial charge >= 0.3 is 0 Å². The van der Waals surface area contributed by atoms with E-state index in [-0.39, 0.29) is 4.90 Å². The Balaban J connectivity index is 1.56. The van der Waals surface area contributed by atoms with Crippen LogP contribution < -0.4 is 4.90 Å². The highest BCUT2D eigenvalue weighted by Crippen LogP contribution is 2.31. The average molecular weight is 433 g/mol. The number of nitrogens with zero attached hydrogens (tertiary/aromatic N) is 6. The van der Waals surface area contributed by atoms with Crippen molar-refractivity contribution in [3.8, 4) is 5.69 Å². The van der Waals surface area contributed by atoms with E-state index in [0.717, 1.165) is 5.69 Å². The van der Waals surface area contributed by atoms with Gasteiger partial charge in [-0.2, -0.15) is 4.31 Å². The number of anilines is 1. The highest BCUT2D eigenvalue weighted by Gasteiger charge is 2.41. The molecule has 1 aromatic heterocycles. The normalized spacial score (nSPS) is 17.4. The van der Waals surface area contributed by atoms with Gasteiger partial charge in [0.1, 0.15) is 6.33 Å². The Kier molecular flexibility index (Phi) is 5.05. The number of aromatic nitrogens is 4. The van der Waals surface area contributed by atoms with E-state index in [1.807, 2.05) is 38.1 Å².